The molecule has 0 heteroatoms. The maximum Gasteiger partial charge on any atom is 0.0200 e. The molecular weight excluding hydrogens is 216 g/mol. The van der Waals surface area contributed by atoms with E-state index in [9.17, 15) is 0 Å². The molecule has 0 aromatic carbocycles. The average molecular weight is 246 g/mol. The lowest BCUT2D eigenvalue weighted by Gasteiger charge is -2.37. The van der Waals surface area contributed by atoms with Crippen molar-refractivity contribution in [2.45, 2.75) is 77.6 Å². The fraction of sp³-hybridized carbons (Fsp3) is 0.889. The summed E-state index contributed by atoms with van der Waals surface area (Å²) in [6.07, 6.45) is 21.3. The van der Waals surface area contributed by atoms with E-state index in [1.54, 1.807) is 0 Å². The molecule has 0 unspecified atom stereocenters. The second kappa shape index (κ2) is 7.22. The summed E-state index contributed by atoms with van der Waals surface area (Å²) in [7, 11) is 0. The van der Waals surface area contributed by atoms with Crippen molar-refractivity contribution in [3.05, 3.63) is 0 Å². The summed E-state index contributed by atoms with van der Waals surface area (Å²) in [5.41, 5.74) is 0. The zero-order valence-electron chi connectivity index (χ0n) is 12.2. The van der Waals surface area contributed by atoms with Gasteiger partial charge in [-0.1, -0.05) is 39.0 Å². The number of unbranched alkanes of at least 4 members (excludes halogenated alkanes) is 1. The van der Waals surface area contributed by atoms with Gasteiger partial charge in [0, 0.05) is 5.92 Å². The van der Waals surface area contributed by atoms with Crippen LogP contribution in [-0.4, -0.2) is 0 Å². The van der Waals surface area contributed by atoms with E-state index in [1.807, 2.05) is 0 Å². The highest BCUT2D eigenvalue weighted by atomic mass is 14.3. The van der Waals surface area contributed by atoms with Crippen molar-refractivity contribution in [1.82, 2.24) is 0 Å². The van der Waals surface area contributed by atoms with Crippen LogP contribution in [0.25, 0.3) is 0 Å². The number of terminal acetylenes is 1. The third-order valence-corrected chi connectivity index (χ3v) is 5.53. The largest absolute Gasteiger partial charge is 0.120 e. The van der Waals surface area contributed by atoms with Crippen LogP contribution in [0.15, 0.2) is 0 Å². The van der Waals surface area contributed by atoms with E-state index in [1.165, 1.54) is 70.6 Å². The minimum atomic E-state index is 0.599. The second-order valence-electron chi connectivity index (χ2n) is 6.70. The van der Waals surface area contributed by atoms with Gasteiger partial charge in [0.2, 0.25) is 0 Å². The van der Waals surface area contributed by atoms with Crippen LogP contribution >= 0.6 is 0 Å². The van der Waals surface area contributed by atoms with E-state index >= 15 is 0 Å². The first-order valence-electron chi connectivity index (χ1n) is 8.29. The summed E-state index contributed by atoms with van der Waals surface area (Å²) < 4.78 is 0. The highest BCUT2D eigenvalue weighted by Crippen LogP contribution is 2.42. The Kier molecular flexibility index (Phi) is 5.61. The van der Waals surface area contributed by atoms with E-state index < -0.39 is 0 Å². The first kappa shape index (κ1) is 14.0. The lowest BCUT2D eigenvalue weighted by Crippen LogP contribution is -2.25. The van der Waals surface area contributed by atoms with Gasteiger partial charge >= 0.3 is 0 Å². The SMILES string of the molecule is C#CC1CCC(C2CCC(CCCC)CC2)CC1. The molecule has 0 aromatic rings. The van der Waals surface area contributed by atoms with Crippen molar-refractivity contribution in [2.24, 2.45) is 23.7 Å². The predicted octanol–water partition coefficient (Wildman–Crippen LogP) is 5.42. The van der Waals surface area contributed by atoms with Crippen LogP contribution < -0.4 is 0 Å². The summed E-state index contributed by atoms with van der Waals surface area (Å²) in [6.45, 7) is 2.32. The van der Waals surface area contributed by atoms with Gasteiger partial charge in [0.05, 0.1) is 0 Å². The number of hydrogen-bond acceptors (Lipinski definition) is 0. The van der Waals surface area contributed by atoms with Crippen molar-refractivity contribution in [2.75, 3.05) is 0 Å². The van der Waals surface area contributed by atoms with Crippen LogP contribution in [0.1, 0.15) is 77.6 Å². The fourth-order valence-electron chi connectivity index (χ4n) is 4.20. The van der Waals surface area contributed by atoms with Crippen LogP contribution in [0.4, 0.5) is 0 Å². The molecule has 0 aromatic heterocycles. The first-order valence-corrected chi connectivity index (χ1v) is 8.29. The Morgan fingerprint density at radius 3 is 1.94 bits per heavy atom. The third kappa shape index (κ3) is 3.78. The molecule has 2 saturated carbocycles. The van der Waals surface area contributed by atoms with E-state index in [4.69, 9.17) is 6.42 Å². The lowest BCUT2D eigenvalue weighted by molar-refractivity contribution is 0.153. The number of hydrogen-bond donors (Lipinski definition) is 0. The molecular formula is C18H30. The standard InChI is InChI=1S/C18H30/c1-3-5-6-16-9-13-18(14-10-16)17-11-7-15(4-2)8-12-17/h2,15-18H,3,5-14H2,1H3. The van der Waals surface area contributed by atoms with Crippen LogP contribution in [0.3, 0.4) is 0 Å². The van der Waals surface area contributed by atoms with Gasteiger partial charge in [-0.15, -0.1) is 12.3 Å². The molecule has 0 nitrogen and oxygen atoms in total. The summed E-state index contributed by atoms with van der Waals surface area (Å²) in [4.78, 5) is 0. The molecule has 0 aliphatic heterocycles. The molecule has 0 bridgehead atoms. The summed E-state index contributed by atoms with van der Waals surface area (Å²) in [6, 6.07) is 0. The zero-order chi connectivity index (χ0) is 12.8. The van der Waals surface area contributed by atoms with E-state index in [0.29, 0.717) is 5.92 Å². The molecule has 0 spiro atoms. The van der Waals surface area contributed by atoms with Crippen LogP contribution in [0.2, 0.25) is 0 Å². The van der Waals surface area contributed by atoms with Gasteiger partial charge in [0.25, 0.3) is 0 Å². The monoisotopic (exact) mass is 246 g/mol. The lowest BCUT2D eigenvalue weighted by atomic mass is 9.69. The molecule has 18 heavy (non-hydrogen) atoms. The van der Waals surface area contributed by atoms with Gasteiger partial charge in [-0.25, -0.2) is 0 Å². The van der Waals surface area contributed by atoms with E-state index in [0.717, 1.165) is 17.8 Å². The van der Waals surface area contributed by atoms with Crippen molar-refractivity contribution in [3.63, 3.8) is 0 Å². The molecule has 2 aliphatic rings. The molecule has 2 aliphatic carbocycles. The first-order chi connectivity index (χ1) is 8.83. The minimum absolute atomic E-state index is 0.599. The van der Waals surface area contributed by atoms with Crippen molar-refractivity contribution in [3.8, 4) is 12.3 Å². The average Bonchev–Trinajstić information content (AvgIpc) is 2.46. The predicted molar refractivity (Wildman–Crippen MR) is 79.3 cm³/mol. The van der Waals surface area contributed by atoms with Crippen molar-refractivity contribution >= 4 is 0 Å². The van der Waals surface area contributed by atoms with Gasteiger partial charge in [-0.3, -0.25) is 0 Å². The summed E-state index contributed by atoms with van der Waals surface area (Å²) in [5.74, 6) is 6.67. The second-order valence-corrected chi connectivity index (χ2v) is 6.70. The Balaban J connectivity index is 1.69. The molecule has 0 heterocycles. The molecule has 2 rings (SSSR count). The summed E-state index contributed by atoms with van der Waals surface area (Å²) >= 11 is 0. The van der Waals surface area contributed by atoms with Crippen molar-refractivity contribution in [1.29, 1.82) is 0 Å². The molecule has 0 amide bonds. The number of rotatable bonds is 4. The molecule has 0 atom stereocenters. The molecule has 2 fully saturated rings. The quantitative estimate of drug-likeness (QED) is 0.581. The molecule has 0 N–H and O–H groups in total. The molecule has 0 saturated heterocycles. The minimum Gasteiger partial charge on any atom is -0.120 e. The highest BCUT2D eigenvalue weighted by molar-refractivity contribution is 4.96. The third-order valence-electron chi connectivity index (χ3n) is 5.53. The normalized spacial score (nSPS) is 37.1. The van der Waals surface area contributed by atoms with Crippen LogP contribution in [-0.2, 0) is 0 Å². The Bertz CT molecular complexity index is 256. The fourth-order valence-corrected chi connectivity index (χ4v) is 4.20. The topological polar surface area (TPSA) is 0 Å². The van der Waals surface area contributed by atoms with Gasteiger partial charge in [-0.2, -0.15) is 0 Å². The zero-order valence-corrected chi connectivity index (χ0v) is 12.2. The van der Waals surface area contributed by atoms with Gasteiger partial charge in [-0.05, 0) is 56.3 Å². The smallest absolute Gasteiger partial charge is 0.0200 e. The Hall–Kier alpha value is -0.440. The molecule has 102 valence electrons. The van der Waals surface area contributed by atoms with Gasteiger partial charge in [0.1, 0.15) is 0 Å². The van der Waals surface area contributed by atoms with E-state index in [2.05, 4.69) is 12.8 Å². The summed E-state index contributed by atoms with van der Waals surface area (Å²) in [5, 5.41) is 0. The van der Waals surface area contributed by atoms with Gasteiger partial charge in [0.15, 0.2) is 0 Å². The Morgan fingerprint density at radius 1 is 0.889 bits per heavy atom. The van der Waals surface area contributed by atoms with Gasteiger partial charge < -0.3 is 0 Å². The van der Waals surface area contributed by atoms with Crippen LogP contribution in [0, 0.1) is 36.0 Å². The Morgan fingerprint density at radius 2 is 1.44 bits per heavy atom. The maximum atomic E-state index is 5.54. The maximum absolute atomic E-state index is 5.54. The van der Waals surface area contributed by atoms with Crippen LogP contribution in [0.5, 0.6) is 0 Å². The Labute approximate surface area is 114 Å². The molecule has 0 radical (unpaired) electrons. The van der Waals surface area contributed by atoms with E-state index in [-0.39, 0.29) is 0 Å². The van der Waals surface area contributed by atoms with Crippen molar-refractivity contribution < 1.29 is 0 Å². The highest BCUT2D eigenvalue weighted by Gasteiger charge is 2.30.